The van der Waals surface area contributed by atoms with Gasteiger partial charge in [-0.25, -0.2) is 4.68 Å². The van der Waals surface area contributed by atoms with Crippen molar-refractivity contribution >= 4 is 17.3 Å². The van der Waals surface area contributed by atoms with Gasteiger partial charge in [0.15, 0.2) is 0 Å². The first-order valence-corrected chi connectivity index (χ1v) is 6.53. The van der Waals surface area contributed by atoms with Crippen molar-refractivity contribution < 1.29 is 0 Å². The summed E-state index contributed by atoms with van der Waals surface area (Å²) in [5, 5.41) is 7.48. The number of anilines is 1. The molecule has 1 aromatic rings. The van der Waals surface area contributed by atoms with E-state index in [2.05, 4.69) is 16.3 Å². The fourth-order valence-corrected chi connectivity index (χ4v) is 1.90. The molecule has 1 aliphatic rings. The molecule has 1 saturated carbocycles. The average molecular weight is 266 g/mol. The molecule has 18 heavy (non-hydrogen) atoms. The number of halogens is 1. The summed E-state index contributed by atoms with van der Waals surface area (Å²) in [6.45, 7) is 1.33. The topological polar surface area (TPSA) is 46.9 Å². The second-order valence-corrected chi connectivity index (χ2v) is 4.94. The van der Waals surface area contributed by atoms with Gasteiger partial charge in [-0.1, -0.05) is 11.6 Å². The average Bonchev–Trinajstić information content (AvgIpc) is 3.16. The van der Waals surface area contributed by atoms with Crippen molar-refractivity contribution in [1.82, 2.24) is 9.78 Å². The third kappa shape index (κ3) is 3.27. The van der Waals surface area contributed by atoms with Crippen LogP contribution in [0.2, 0.25) is 5.02 Å². The van der Waals surface area contributed by atoms with Gasteiger partial charge in [-0.15, -0.1) is 12.3 Å². The number of hydrogen-bond donors (Lipinski definition) is 1. The van der Waals surface area contributed by atoms with Crippen LogP contribution in [0.15, 0.2) is 11.0 Å². The Morgan fingerprint density at radius 2 is 2.39 bits per heavy atom. The molecule has 0 bridgehead atoms. The first-order chi connectivity index (χ1) is 8.72. The van der Waals surface area contributed by atoms with Gasteiger partial charge in [-0.05, 0) is 25.2 Å². The quantitative estimate of drug-likeness (QED) is 0.633. The molecule has 1 aliphatic carbocycles. The van der Waals surface area contributed by atoms with Crippen LogP contribution in [-0.2, 0) is 6.54 Å². The van der Waals surface area contributed by atoms with E-state index in [4.69, 9.17) is 18.0 Å². The number of rotatable bonds is 6. The monoisotopic (exact) mass is 265 g/mol. The zero-order valence-electron chi connectivity index (χ0n) is 10.2. The van der Waals surface area contributed by atoms with Crippen LogP contribution in [0.4, 0.5) is 5.69 Å². The molecule has 0 amide bonds. The Kier molecular flexibility index (Phi) is 4.27. The van der Waals surface area contributed by atoms with E-state index >= 15 is 0 Å². The Labute approximate surface area is 111 Å². The number of hydrogen-bond acceptors (Lipinski definition) is 3. The highest BCUT2D eigenvalue weighted by molar-refractivity contribution is 6.32. The highest BCUT2D eigenvalue weighted by Crippen LogP contribution is 2.30. The minimum Gasteiger partial charge on any atom is -0.379 e. The van der Waals surface area contributed by atoms with Crippen molar-refractivity contribution in [1.29, 1.82) is 0 Å². The summed E-state index contributed by atoms with van der Waals surface area (Å²) < 4.78 is 1.49. The second-order valence-electron chi connectivity index (χ2n) is 4.53. The van der Waals surface area contributed by atoms with E-state index in [0.29, 0.717) is 36.1 Å². The van der Waals surface area contributed by atoms with Crippen LogP contribution in [0, 0.1) is 18.3 Å². The number of unbranched alkanes of at least 4 members (excludes halogenated alkanes) is 1. The van der Waals surface area contributed by atoms with Crippen LogP contribution < -0.4 is 10.9 Å². The number of nitrogens with one attached hydrogen (secondary N) is 1. The highest BCUT2D eigenvalue weighted by atomic mass is 35.5. The molecule has 1 fully saturated rings. The second kappa shape index (κ2) is 5.92. The maximum Gasteiger partial charge on any atom is 0.291 e. The van der Waals surface area contributed by atoms with Crippen LogP contribution in [-0.4, -0.2) is 16.3 Å². The van der Waals surface area contributed by atoms with Crippen molar-refractivity contribution in [2.75, 3.05) is 11.9 Å². The van der Waals surface area contributed by atoms with Crippen LogP contribution in [0.3, 0.4) is 0 Å². The molecule has 0 unspecified atom stereocenters. The minimum atomic E-state index is -0.143. The number of terminal acetylenes is 1. The molecule has 1 heterocycles. The van der Waals surface area contributed by atoms with E-state index in [1.807, 2.05) is 0 Å². The summed E-state index contributed by atoms with van der Waals surface area (Å²) in [5.74, 6) is 3.16. The predicted octanol–water partition coefficient (Wildman–Crippen LogP) is 2.13. The molecule has 0 spiro atoms. The molecule has 1 aromatic heterocycles. The summed E-state index contributed by atoms with van der Waals surface area (Å²) >= 11 is 5.99. The van der Waals surface area contributed by atoms with Crippen molar-refractivity contribution in [3.05, 3.63) is 21.6 Å². The van der Waals surface area contributed by atoms with E-state index in [0.717, 1.165) is 6.42 Å². The molecule has 2 rings (SSSR count). The van der Waals surface area contributed by atoms with Crippen LogP contribution >= 0.6 is 11.6 Å². The normalized spacial score (nSPS) is 14.2. The van der Waals surface area contributed by atoms with Gasteiger partial charge < -0.3 is 5.32 Å². The SMILES string of the molecule is C#CCCCNc1c(Cl)cnn(CC2CC2)c1=O. The van der Waals surface area contributed by atoms with Gasteiger partial charge >= 0.3 is 0 Å². The molecular formula is C13H16ClN3O. The first kappa shape index (κ1) is 13.0. The largest absolute Gasteiger partial charge is 0.379 e. The Hall–Kier alpha value is -1.47. The molecule has 0 aromatic carbocycles. The maximum atomic E-state index is 12.1. The Bertz CT molecular complexity index is 514. The lowest BCUT2D eigenvalue weighted by Crippen LogP contribution is -2.27. The molecule has 0 aliphatic heterocycles. The fourth-order valence-electron chi connectivity index (χ4n) is 1.71. The summed E-state index contributed by atoms with van der Waals surface area (Å²) in [6.07, 6.45) is 10.6. The standard InChI is InChI=1S/C13H16ClN3O/c1-2-3-4-7-15-12-11(14)8-16-17(13(12)18)9-10-5-6-10/h1,8,10,15H,3-7,9H2. The fraction of sp³-hybridized carbons (Fsp3) is 0.538. The molecule has 0 atom stereocenters. The van der Waals surface area contributed by atoms with E-state index in [9.17, 15) is 4.79 Å². The Balaban J connectivity index is 2.07. The zero-order chi connectivity index (χ0) is 13.0. The predicted molar refractivity (Wildman–Crippen MR) is 72.8 cm³/mol. The van der Waals surface area contributed by atoms with Crippen LogP contribution in [0.1, 0.15) is 25.7 Å². The Morgan fingerprint density at radius 1 is 1.61 bits per heavy atom. The molecular weight excluding hydrogens is 250 g/mol. The van der Waals surface area contributed by atoms with E-state index in [1.165, 1.54) is 23.7 Å². The van der Waals surface area contributed by atoms with Gasteiger partial charge in [0.1, 0.15) is 5.69 Å². The zero-order valence-corrected chi connectivity index (χ0v) is 10.9. The van der Waals surface area contributed by atoms with Crippen molar-refractivity contribution in [2.45, 2.75) is 32.2 Å². The summed E-state index contributed by atoms with van der Waals surface area (Å²) in [6, 6.07) is 0. The Morgan fingerprint density at radius 3 is 3.06 bits per heavy atom. The van der Waals surface area contributed by atoms with Crippen LogP contribution in [0.5, 0.6) is 0 Å². The molecule has 4 nitrogen and oxygen atoms in total. The first-order valence-electron chi connectivity index (χ1n) is 6.15. The third-order valence-electron chi connectivity index (χ3n) is 2.93. The smallest absolute Gasteiger partial charge is 0.291 e. The third-order valence-corrected chi connectivity index (χ3v) is 3.21. The van der Waals surface area contributed by atoms with Crippen molar-refractivity contribution in [3.63, 3.8) is 0 Å². The summed E-state index contributed by atoms with van der Waals surface area (Å²) in [5.41, 5.74) is 0.291. The molecule has 96 valence electrons. The van der Waals surface area contributed by atoms with Crippen molar-refractivity contribution in [3.8, 4) is 12.3 Å². The van der Waals surface area contributed by atoms with Gasteiger partial charge in [-0.3, -0.25) is 4.79 Å². The summed E-state index contributed by atoms with van der Waals surface area (Å²) in [7, 11) is 0. The summed E-state index contributed by atoms with van der Waals surface area (Å²) in [4.78, 5) is 12.1. The van der Waals surface area contributed by atoms with Gasteiger partial charge in [-0.2, -0.15) is 5.10 Å². The maximum absolute atomic E-state index is 12.1. The highest BCUT2D eigenvalue weighted by Gasteiger charge is 2.23. The van der Waals surface area contributed by atoms with E-state index < -0.39 is 0 Å². The molecule has 1 N–H and O–H groups in total. The van der Waals surface area contributed by atoms with Crippen LogP contribution in [0.25, 0.3) is 0 Å². The van der Waals surface area contributed by atoms with Gasteiger partial charge in [0.2, 0.25) is 0 Å². The number of nitrogens with zero attached hydrogens (tertiary/aromatic N) is 2. The lowest BCUT2D eigenvalue weighted by atomic mass is 10.3. The molecule has 0 saturated heterocycles. The number of aromatic nitrogens is 2. The van der Waals surface area contributed by atoms with Gasteiger partial charge in [0, 0.05) is 19.5 Å². The van der Waals surface area contributed by atoms with Gasteiger partial charge in [0.25, 0.3) is 5.56 Å². The lowest BCUT2D eigenvalue weighted by molar-refractivity contribution is 0.534. The van der Waals surface area contributed by atoms with E-state index in [-0.39, 0.29) is 5.56 Å². The molecule has 5 heteroatoms. The van der Waals surface area contributed by atoms with Crippen molar-refractivity contribution in [2.24, 2.45) is 5.92 Å². The van der Waals surface area contributed by atoms with Gasteiger partial charge in [0.05, 0.1) is 11.2 Å². The van der Waals surface area contributed by atoms with E-state index in [1.54, 1.807) is 0 Å². The molecule has 0 radical (unpaired) electrons. The lowest BCUT2D eigenvalue weighted by Gasteiger charge is -2.09. The minimum absolute atomic E-state index is 0.143.